The summed E-state index contributed by atoms with van der Waals surface area (Å²) in [5, 5.41) is 5.12. The second kappa shape index (κ2) is 15.6. The molecule has 2 nitrogen and oxygen atoms in total. The zero-order valence-electron chi connectivity index (χ0n) is 30.4. The first-order chi connectivity index (χ1) is 23.4. The number of furan rings is 1. The molecule has 0 N–H and O–H groups in total. The molecule has 5 heteroatoms. The first kappa shape index (κ1) is 37.4. The fraction of sp³-hybridized carbons (Fsp3) is 0.222. The first-order valence-electron chi connectivity index (χ1n) is 17.3. The molecule has 0 unspecified atom stereocenters. The van der Waals surface area contributed by atoms with Crippen molar-refractivity contribution >= 4 is 48.5 Å². The van der Waals surface area contributed by atoms with E-state index < -0.39 is 16.1 Å². The van der Waals surface area contributed by atoms with Crippen LogP contribution in [0.4, 0.5) is 0 Å². The Kier molecular flexibility index (Phi) is 11.6. The Balaban J connectivity index is 0.000000204. The van der Waals surface area contributed by atoms with Gasteiger partial charge in [-0.1, -0.05) is 119 Å². The van der Waals surface area contributed by atoms with Gasteiger partial charge in [-0.05, 0) is 40.4 Å². The molecule has 2 heterocycles. The maximum atomic E-state index is 6.34. The number of pyridine rings is 1. The van der Waals surface area contributed by atoms with Gasteiger partial charge in [-0.2, -0.15) is 42.5 Å². The molecule has 0 aliphatic rings. The normalized spacial score (nSPS) is 11.7. The van der Waals surface area contributed by atoms with Crippen LogP contribution >= 0.6 is 0 Å². The molecule has 0 saturated carbocycles. The molecule has 0 bridgehead atoms. The second-order valence-electron chi connectivity index (χ2n) is 15.4. The molecule has 0 amide bonds. The van der Waals surface area contributed by atoms with Gasteiger partial charge < -0.3 is 9.40 Å². The SMILES string of the molecule is CC(C)Cc1cc(-c2[c-]cccc2)[c-]cc1[Si](C)(C)C.C[Si](C)(C)c1ccc(-c2[c-]ccc3c2oc2cc(-c4ccccc4)ccc23)nc1.[Ir+3]. The Morgan fingerprint density at radius 1 is 0.680 bits per heavy atom. The summed E-state index contributed by atoms with van der Waals surface area (Å²) < 4.78 is 6.34. The standard InChI is InChI=1S/C26H22NOSi.C19H24Si.Ir/c1-29(2,3)20-13-15-24(27-17-20)23-11-7-10-22-21-14-12-19(16-25(21)28-26(22)23)18-8-5-4-6-9-18;1-15(2)13-18-14-17(16-9-7-6-8-10-16)11-12-19(18)20(3,4)5;/h4-10,12-17H,1-3H3;6-9,12,14-15H,13H2,1-5H3;/q-1;-2;+3. The van der Waals surface area contributed by atoms with Crippen LogP contribution in [-0.2, 0) is 26.5 Å². The van der Waals surface area contributed by atoms with Crippen molar-refractivity contribution in [3.05, 3.63) is 139 Å². The largest absolute Gasteiger partial charge is 3.00 e. The molecule has 0 atom stereocenters. The fourth-order valence-electron chi connectivity index (χ4n) is 6.29. The molecule has 7 rings (SSSR count). The van der Waals surface area contributed by atoms with Crippen molar-refractivity contribution < 1.29 is 24.5 Å². The summed E-state index contributed by atoms with van der Waals surface area (Å²) in [4.78, 5) is 4.74. The fourth-order valence-corrected chi connectivity index (χ4v) is 8.96. The van der Waals surface area contributed by atoms with Gasteiger partial charge >= 0.3 is 20.1 Å². The Labute approximate surface area is 314 Å². The van der Waals surface area contributed by atoms with E-state index in [0.29, 0.717) is 5.92 Å². The van der Waals surface area contributed by atoms with Gasteiger partial charge in [-0.3, -0.25) is 0 Å². The Bertz CT molecular complexity index is 2180. The first-order valence-corrected chi connectivity index (χ1v) is 24.3. The summed E-state index contributed by atoms with van der Waals surface area (Å²) >= 11 is 0. The number of fused-ring (bicyclic) bond motifs is 3. The number of aromatic nitrogens is 1. The minimum absolute atomic E-state index is 0. The Morgan fingerprint density at radius 2 is 1.44 bits per heavy atom. The van der Waals surface area contributed by atoms with Crippen LogP contribution in [0.25, 0.3) is 55.4 Å². The molecular weight excluding hydrogens is 819 g/mol. The number of hydrogen-bond donors (Lipinski definition) is 0. The van der Waals surface area contributed by atoms with Gasteiger partial charge in [-0.25, -0.2) is 11.1 Å². The molecule has 2 aromatic heterocycles. The van der Waals surface area contributed by atoms with E-state index in [2.05, 4.69) is 156 Å². The third-order valence-electron chi connectivity index (χ3n) is 8.90. The van der Waals surface area contributed by atoms with E-state index in [9.17, 15) is 0 Å². The van der Waals surface area contributed by atoms with Crippen molar-refractivity contribution in [3.63, 3.8) is 0 Å². The second-order valence-corrected chi connectivity index (χ2v) is 25.5. The van der Waals surface area contributed by atoms with Crippen molar-refractivity contribution in [2.75, 3.05) is 0 Å². The van der Waals surface area contributed by atoms with E-state index >= 15 is 0 Å². The molecule has 0 saturated heterocycles. The molecule has 50 heavy (non-hydrogen) atoms. The van der Waals surface area contributed by atoms with E-state index in [-0.39, 0.29) is 20.1 Å². The molecule has 0 spiro atoms. The quantitative estimate of drug-likeness (QED) is 0.118. The Hall–Kier alpha value is -3.87. The molecule has 5 aromatic carbocycles. The maximum absolute atomic E-state index is 6.34. The van der Waals surface area contributed by atoms with Crippen molar-refractivity contribution in [3.8, 4) is 33.5 Å². The summed E-state index contributed by atoms with van der Waals surface area (Å²) in [7, 11) is -2.68. The van der Waals surface area contributed by atoms with Gasteiger partial charge in [0, 0.05) is 19.7 Å². The molecular formula is C45H46IrNOSi2. The van der Waals surface area contributed by atoms with Crippen molar-refractivity contribution in [1.29, 1.82) is 0 Å². The van der Waals surface area contributed by atoms with Gasteiger partial charge in [0.25, 0.3) is 0 Å². The van der Waals surface area contributed by atoms with Crippen LogP contribution in [0.5, 0.6) is 0 Å². The number of nitrogens with zero attached hydrogens (tertiary/aromatic N) is 1. The van der Waals surface area contributed by atoms with Gasteiger partial charge in [0.2, 0.25) is 0 Å². The monoisotopic (exact) mass is 865 g/mol. The average Bonchev–Trinajstić information content (AvgIpc) is 3.46. The van der Waals surface area contributed by atoms with Crippen LogP contribution in [0, 0.1) is 24.1 Å². The van der Waals surface area contributed by atoms with Crippen molar-refractivity contribution in [1.82, 2.24) is 4.98 Å². The zero-order valence-corrected chi connectivity index (χ0v) is 34.8. The minimum atomic E-state index is -1.37. The van der Waals surface area contributed by atoms with Gasteiger partial charge in [0.1, 0.15) is 5.58 Å². The molecule has 254 valence electrons. The molecule has 0 aliphatic carbocycles. The third-order valence-corrected chi connectivity index (χ3v) is 13.0. The summed E-state index contributed by atoms with van der Waals surface area (Å²) in [6, 6.07) is 48.0. The van der Waals surface area contributed by atoms with Gasteiger partial charge in [-0.15, -0.1) is 35.0 Å². The summed E-state index contributed by atoms with van der Waals surface area (Å²) in [5.41, 5.74) is 9.71. The van der Waals surface area contributed by atoms with E-state index in [1.54, 1.807) is 5.19 Å². The van der Waals surface area contributed by atoms with Crippen molar-refractivity contribution in [2.24, 2.45) is 5.92 Å². The predicted octanol–water partition coefficient (Wildman–Crippen LogP) is 11.4. The summed E-state index contributed by atoms with van der Waals surface area (Å²) in [6.07, 6.45) is 3.17. The minimum Gasteiger partial charge on any atom is -0.501 e. The van der Waals surface area contributed by atoms with Crippen LogP contribution in [-0.4, -0.2) is 21.1 Å². The Morgan fingerprint density at radius 3 is 2.08 bits per heavy atom. The number of benzene rings is 5. The summed E-state index contributed by atoms with van der Waals surface area (Å²) in [6.45, 7) is 18.8. The number of rotatable bonds is 7. The van der Waals surface area contributed by atoms with Crippen LogP contribution in [0.15, 0.2) is 120 Å². The van der Waals surface area contributed by atoms with Gasteiger partial charge in [0.05, 0.1) is 13.7 Å². The van der Waals surface area contributed by atoms with Crippen LogP contribution in [0.1, 0.15) is 19.4 Å². The predicted molar refractivity (Wildman–Crippen MR) is 215 cm³/mol. The van der Waals surface area contributed by atoms with E-state index in [0.717, 1.165) is 50.7 Å². The van der Waals surface area contributed by atoms with E-state index in [1.807, 2.05) is 30.5 Å². The topological polar surface area (TPSA) is 26.0 Å². The number of hydrogen-bond acceptors (Lipinski definition) is 2. The smallest absolute Gasteiger partial charge is 0.501 e. The van der Waals surface area contributed by atoms with Crippen LogP contribution < -0.4 is 10.4 Å². The van der Waals surface area contributed by atoms with E-state index in [1.165, 1.54) is 21.9 Å². The van der Waals surface area contributed by atoms with Gasteiger partial charge in [0.15, 0.2) is 0 Å². The summed E-state index contributed by atoms with van der Waals surface area (Å²) in [5.74, 6) is 0.681. The third kappa shape index (κ3) is 8.53. The van der Waals surface area contributed by atoms with Crippen LogP contribution in [0.2, 0.25) is 39.3 Å². The van der Waals surface area contributed by atoms with E-state index in [4.69, 9.17) is 9.40 Å². The average molecular weight is 865 g/mol. The molecule has 0 radical (unpaired) electrons. The maximum Gasteiger partial charge on any atom is 3.00 e. The molecule has 0 aliphatic heterocycles. The van der Waals surface area contributed by atoms with Crippen LogP contribution in [0.3, 0.4) is 0 Å². The zero-order chi connectivity index (χ0) is 34.8. The molecule has 7 aromatic rings. The van der Waals surface area contributed by atoms with Crippen molar-refractivity contribution in [2.45, 2.75) is 59.6 Å². The molecule has 0 fully saturated rings.